The van der Waals surface area contributed by atoms with Gasteiger partial charge in [0.25, 0.3) is 0 Å². The number of nitrogens with one attached hydrogen (secondary N) is 3. The SMILES string of the molecule is CNc1nccc(Sc2cnc3[nH]c(N4CCC5(CC4)Cc4ccccc4[C@H]5N[S+]([O-])C(C)(C)C)nc3n2)c1Cl. The summed E-state index contributed by atoms with van der Waals surface area (Å²) < 4.78 is 16.4. The molecule has 2 atom stereocenters. The van der Waals surface area contributed by atoms with Gasteiger partial charge < -0.3 is 19.8 Å². The monoisotopic (exact) mass is 596 g/mol. The maximum Gasteiger partial charge on any atom is 0.206 e. The van der Waals surface area contributed by atoms with E-state index in [1.165, 1.54) is 22.9 Å². The smallest absolute Gasteiger partial charge is 0.206 e. The van der Waals surface area contributed by atoms with Crippen LogP contribution < -0.4 is 14.9 Å². The van der Waals surface area contributed by atoms with Crippen LogP contribution >= 0.6 is 23.4 Å². The number of nitrogens with zero attached hydrogens (tertiary/aromatic N) is 5. The van der Waals surface area contributed by atoms with Crippen LogP contribution in [0.1, 0.15) is 50.8 Å². The molecule has 1 saturated heterocycles. The number of H-pyrrole nitrogens is 1. The lowest BCUT2D eigenvalue weighted by Gasteiger charge is -2.43. The number of benzene rings is 1. The lowest BCUT2D eigenvalue weighted by atomic mass is 9.73. The second kappa shape index (κ2) is 10.7. The van der Waals surface area contributed by atoms with Crippen molar-refractivity contribution in [1.82, 2.24) is 29.6 Å². The Kier molecular flexibility index (Phi) is 7.37. The highest BCUT2D eigenvalue weighted by molar-refractivity contribution is 7.99. The van der Waals surface area contributed by atoms with Crippen molar-refractivity contribution >= 4 is 57.8 Å². The minimum Gasteiger partial charge on any atom is -0.598 e. The third-order valence-corrected chi connectivity index (χ3v) is 10.9. The molecule has 6 rings (SSSR count). The Morgan fingerprint density at radius 2 is 1.93 bits per heavy atom. The van der Waals surface area contributed by atoms with E-state index in [1.54, 1.807) is 19.4 Å². The van der Waals surface area contributed by atoms with Gasteiger partial charge in [-0.15, -0.1) is 4.72 Å². The van der Waals surface area contributed by atoms with Gasteiger partial charge in [-0.1, -0.05) is 47.6 Å². The zero-order chi connectivity index (χ0) is 28.1. The molecule has 210 valence electrons. The third-order valence-electron chi connectivity index (χ3n) is 7.84. The first kappa shape index (κ1) is 27.6. The van der Waals surface area contributed by atoms with Crippen LogP contribution in [0.5, 0.6) is 0 Å². The number of aromatic nitrogens is 5. The molecule has 4 heterocycles. The van der Waals surface area contributed by atoms with E-state index in [2.05, 4.69) is 54.2 Å². The Morgan fingerprint density at radius 1 is 1.15 bits per heavy atom. The van der Waals surface area contributed by atoms with Gasteiger partial charge in [0.15, 0.2) is 11.3 Å². The van der Waals surface area contributed by atoms with E-state index in [-0.39, 0.29) is 16.2 Å². The highest BCUT2D eigenvalue weighted by Gasteiger charge is 2.50. The maximum absolute atomic E-state index is 13.2. The van der Waals surface area contributed by atoms with Gasteiger partial charge >= 0.3 is 0 Å². The van der Waals surface area contributed by atoms with Gasteiger partial charge in [-0.05, 0) is 57.2 Å². The predicted molar refractivity (Wildman–Crippen MR) is 162 cm³/mol. The molecule has 9 nitrogen and oxygen atoms in total. The summed E-state index contributed by atoms with van der Waals surface area (Å²) in [6.45, 7) is 7.74. The molecule has 0 amide bonds. The van der Waals surface area contributed by atoms with Crippen molar-refractivity contribution in [2.24, 2.45) is 5.41 Å². The molecule has 0 saturated carbocycles. The van der Waals surface area contributed by atoms with Crippen LogP contribution in [-0.4, -0.2) is 54.4 Å². The van der Waals surface area contributed by atoms with Crippen LogP contribution in [0.2, 0.25) is 5.02 Å². The Bertz CT molecular complexity index is 1530. The predicted octanol–water partition coefficient (Wildman–Crippen LogP) is 5.53. The summed E-state index contributed by atoms with van der Waals surface area (Å²) in [5, 5.41) is 4.26. The minimum atomic E-state index is -1.15. The molecule has 1 aliphatic heterocycles. The number of hydrogen-bond donors (Lipinski definition) is 3. The molecular formula is C28H33ClN8OS2. The molecule has 3 aromatic heterocycles. The number of hydrogen-bond acceptors (Lipinski definition) is 9. The van der Waals surface area contributed by atoms with E-state index in [4.69, 9.17) is 21.6 Å². The Labute approximate surface area is 246 Å². The highest BCUT2D eigenvalue weighted by atomic mass is 35.5. The van der Waals surface area contributed by atoms with Crippen molar-refractivity contribution in [1.29, 1.82) is 0 Å². The molecule has 1 fully saturated rings. The zero-order valence-electron chi connectivity index (χ0n) is 23.0. The highest BCUT2D eigenvalue weighted by Crippen LogP contribution is 2.52. The molecular weight excluding hydrogens is 564 g/mol. The van der Waals surface area contributed by atoms with Gasteiger partial charge in [0.1, 0.15) is 15.6 Å². The van der Waals surface area contributed by atoms with Gasteiger partial charge in [0.2, 0.25) is 5.95 Å². The molecule has 3 N–H and O–H groups in total. The third kappa shape index (κ3) is 5.14. The molecule has 40 heavy (non-hydrogen) atoms. The molecule has 1 spiro atoms. The summed E-state index contributed by atoms with van der Waals surface area (Å²) in [6.07, 6.45) is 6.37. The van der Waals surface area contributed by atoms with E-state index in [0.717, 1.165) is 43.2 Å². The molecule has 1 aliphatic carbocycles. The van der Waals surface area contributed by atoms with Crippen molar-refractivity contribution in [3.8, 4) is 0 Å². The topological polar surface area (TPSA) is 118 Å². The zero-order valence-corrected chi connectivity index (χ0v) is 25.4. The molecule has 0 bridgehead atoms. The number of fused-ring (bicyclic) bond motifs is 2. The summed E-state index contributed by atoms with van der Waals surface area (Å²) in [5.74, 6) is 1.41. The van der Waals surface area contributed by atoms with Crippen LogP contribution in [0, 0.1) is 5.41 Å². The van der Waals surface area contributed by atoms with E-state index in [9.17, 15) is 4.55 Å². The van der Waals surface area contributed by atoms with Crippen LogP contribution in [0.4, 0.5) is 11.8 Å². The van der Waals surface area contributed by atoms with Crippen molar-refractivity contribution in [3.63, 3.8) is 0 Å². The van der Waals surface area contributed by atoms with Gasteiger partial charge in [-0.25, -0.2) is 15.0 Å². The fraction of sp³-hybridized carbons (Fsp3) is 0.429. The van der Waals surface area contributed by atoms with Crippen molar-refractivity contribution in [3.05, 3.63) is 58.9 Å². The first-order valence-corrected chi connectivity index (χ1v) is 15.7. The van der Waals surface area contributed by atoms with Crippen LogP contribution in [0.25, 0.3) is 11.3 Å². The second-order valence-electron chi connectivity index (χ2n) is 11.4. The number of halogens is 1. The summed E-state index contributed by atoms with van der Waals surface area (Å²) >= 11 is 6.76. The molecule has 0 radical (unpaired) electrons. The van der Waals surface area contributed by atoms with Crippen LogP contribution in [0.15, 0.2) is 52.6 Å². The minimum absolute atomic E-state index is 0.0173. The van der Waals surface area contributed by atoms with Crippen molar-refractivity contribution in [2.45, 2.75) is 60.7 Å². The quantitative estimate of drug-likeness (QED) is 0.247. The molecule has 2 aliphatic rings. The Hall–Kier alpha value is -2.57. The van der Waals surface area contributed by atoms with E-state index >= 15 is 0 Å². The average molecular weight is 597 g/mol. The number of piperidine rings is 1. The summed E-state index contributed by atoms with van der Waals surface area (Å²) in [5.41, 5.74) is 3.89. The van der Waals surface area contributed by atoms with E-state index < -0.39 is 11.4 Å². The average Bonchev–Trinajstić information content (AvgIpc) is 3.49. The van der Waals surface area contributed by atoms with Gasteiger partial charge in [-0.2, -0.15) is 4.98 Å². The molecule has 12 heteroatoms. The summed E-state index contributed by atoms with van der Waals surface area (Å²) in [4.78, 5) is 24.9. The van der Waals surface area contributed by atoms with Crippen molar-refractivity contribution < 1.29 is 4.55 Å². The molecule has 1 aromatic carbocycles. The van der Waals surface area contributed by atoms with E-state index in [0.29, 0.717) is 27.2 Å². The Morgan fingerprint density at radius 3 is 2.67 bits per heavy atom. The lowest BCUT2D eigenvalue weighted by molar-refractivity contribution is 0.175. The van der Waals surface area contributed by atoms with Gasteiger partial charge in [0.05, 0.1) is 17.3 Å². The second-order valence-corrected chi connectivity index (χ2v) is 14.9. The largest absolute Gasteiger partial charge is 0.598 e. The van der Waals surface area contributed by atoms with Crippen LogP contribution in [0.3, 0.4) is 0 Å². The molecule has 1 unspecified atom stereocenters. The fourth-order valence-electron chi connectivity index (χ4n) is 5.64. The van der Waals surface area contributed by atoms with Crippen LogP contribution in [-0.2, 0) is 17.8 Å². The number of rotatable bonds is 6. The van der Waals surface area contributed by atoms with Gasteiger partial charge in [0, 0.05) is 48.0 Å². The standard InChI is InChI=1S/C28H33ClN8OS2/c1-27(2,3)40(38)36-22-18-8-6-5-7-17(18)15-28(22)10-13-37(14-11-28)26-34-24-25(35-26)33-20(16-32-24)39-19-9-12-31-23(30-4)21(19)29/h5-9,12,16,22,36H,10-11,13-15H2,1-4H3,(H,30,31)(H,32,33,34,35)/t22-,40?/m1/s1. The summed E-state index contributed by atoms with van der Waals surface area (Å²) in [7, 11) is 1.79. The fourth-order valence-corrected chi connectivity index (χ4v) is 7.69. The summed E-state index contributed by atoms with van der Waals surface area (Å²) in [6, 6.07) is 10.5. The van der Waals surface area contributed by atoms with Crippen molar-refractivity contribution in [2.75, 3.05) is 30.4 Å². The maximum atomic E-state index is 13.2. The van der Waals surface area contributed by atoms with E-state index in [1.807, 2.05) is 26.8 Å². The lowest BCUT2D eigenvalue weighted by Crippen LogP contribution is -2.49. The molecule has 4 aromatic rings. The number of aromatic amines is 1. The number of pyridine rings is 1. The first-order valence-electron chi connectivity index (χ1n) is 13.4. The normalized spacial score (nSPS) is 19.2. The number of anilines is 2. The Balaban J connectivity index is 1.19. The first-order chi connectivity index (χ1) is 19.2. The van der Waals surface area contributed by atoms with Gasteiger partial charge in [-0.3, -0.25) is 0 Å². The number of imidazole rings is 1.